The van der Waals surface area contributed by atoms with Crippen molar-refractivity contribution in [2.45, 2.75) is 12.8 Å². The van der Waals surface area contributed by atoms with E-state index in [1.807, 2.05) is 0 Å². The van der Waals surface area contributed by atoms with E-state index >= 15 is 0 Å². The molecule has 1 aliphatic heterocycles. The molecule has 22 heavy (non-hydrogen) atoms. The number of amides is 1. The van der Waals surface area contributed by atoms with Gasteiger partial charge in [-0.2, -0.15) is 0 Å². The van der Waals surface area contributed by atoms with Crippen molar-refractivity contribution >= 4 is 23.5 Å². The van der Waals surface area contributed by atoms with Gasteiger partial charge < -0.3 is 14.7 Å². The molecule has 1 amide bonds. The maximum Gasteiger partial charge on any atom is 0.308 e. The third-order valence-corrected chi connectivity index (χ3v) is 4.66. The van der Waals surface area contributed by atoms with Gasteiger partial charge in [0.15, 0.2) is 6.61 Å². The molecular formula is C16H18ClNO4. The van der Waals surface area contributed by atoms with Gasteiger partial charge in [-0.05, 0) is 42.9 Å². The van der Waals surface area contributed by atoms with Crippen molar-refractivity contribution in [3.05, 3.63) is 29.3 Å². The molecule has 0 unspecified atom stereocenters. The second-order valence-corrected chi connectivity index (χ2v) is 6.43. The van der Waals surface area contributed by atoms with E-state index in [0.717, 1.165) is 12.8 Å². The number of carbonyl (C=O) groups is 2. The molecule has 6 heteroatoms. The molecule has 1 aromatic carbocycles. The predicted molar refractivity (Wildman–Crippen MR) is 80.9 cm³/mol. The molecule has 1 N–H and O–H groups in total. The normalized spacial score (nSPS) is 24.3. The smallest absolute Gasteiger partial charge is 0.308 e. The second kappa shape index (κ2) is 6.16. The molecule has 0 aromatic heterocycles. The van der Waals surface area contributed by atoms with Crippen LogP contribution in [0.4, 0.5) is 0 Å². The lowest BCUT2D eigenvalue weighted by atomic mass is 9.92. The number of aliphatic carboxylic acids is 1. The van der Waals surface area contributed by atoms with Gasteiger partial charge >= 0.3 is 5.97 Å². The number of hydrogen-bond acceptors (Lipinski definition) is 3. The molecular weight excluding hydrogens is 306 g/mol. The molecule has 1 saturated carbocycles. The third kappa shape index (κ3) is 3.35. The molecule has 1 saturated heterocycles. The minimum atomic E-state index is -0.803. The van der Waals surface area contributed by atoms with Gasteiger partial charge in [-0.3, -0.25) is 9.59 Å². The highest BCUT2D eigenvalue weighted by Crippen LogP contribution is 2.44. The minimum absolute atomic E-state index is 0.0904. The van der Waals surface area contributed by atoms with Gasteiger partial charge in [-0.15, -0.1) is 0 Å². The fraction of sp³-hybridized carbons (Fsp3) is 0.500. The number of halogens is 1. The number of nitrogens with zero attached hydrogens (tertiary/aromatic N) is 1. The van der Waals surface area contributed by atoms with Crippen LogP contribution >= 0.6 is 11.6 Å². The number of likely N-dealkylation sites (tertiary alicyclic amines) is 1. The van der Waals surface area contributed by atoms with Crippen LogP contribution in [-0.4, -0.2) is 41.6 Å². The van der Waals surface area contributed by atoms with Crippen molar-refractivity contribution in [2.75, 3.05) is 19.7 Å². The fourth-order valence-corrected chi connectivity index (χ4v) is 3.27. The zero-order valence-corrected chi connectivity index (χ0v) is 12.8. The van der Waals surface area contributed by atoms with E-state index < -0.39 is 11.9 Å². The summed E-state index contributed by atoms with van der Waals surface area (Å²) in [5, 5.41) is 9.86. The standard InChI is InChI=1S/C16H18ClNO4/c17-11-2-1-3-12(6-11)22-9-15(19)18-7-13(10-4-5-10)14(8-18)16(20)21/h1-3,6,10,13-14H,4-5,7-9H2,(H,20,21)/t13-,14+/m1/s1. The number of ether oxygens (including phenoxy) is 1. The number of carboxylic acids is 1. The van der Waals surface area contributed by atoms with Crippen molar-refractivity contribution in [2.24, 2.45) is 17.8 Å². The van der Waals surface area contributed by atoms with Crippen LogP contribution in [0.25, 0.3) is 0 Å². The Bertz CT molecular complexity index is 587. The highest BCUT2D eigenvalue weighted by molar-refractivity contribution is 6.30. The molecule has 2 aliphatic rings. The van der Waals surface area contributed by atoms with Gasteiger partial charge in [0.1, 0.15) is 5.75 Å². The summed E-state index contributed by atoms with van der Waals surface area (Å²) < 4.78 is 5.45. The topological polar surface area (TPSA) is 66.8 Å². The van der Waals surface area contributed by atoms with Crippen molar-refractivity contribution in [1.82, 2.24) is 4.90 Å². The third-order valence-electron chi connectivity index (χ3n) is 4.42. The minimum Gasteiger partial charge on any atom is -0.484 e. The van der Waals surface area contributed by atoms with E-state index in [1.54, 1.807) is 29.2 Å². The van der Waals surface area contributed by atoms with Crippen LogP contribution in [0.5, 0.6) is 5.75 Å². The van der Waals surface area contributed by atoms with Crippen LogP contribution in [0.1, 0.15) is 12.8 Å². The summed E-state index contributed by atoms with van der Waals surface area (Å²) in [5.41, 5.74) is 0. The van der Waals surface area contributed by atoms with Crippen LogP contribution in [-0.2, 0) is 9.59 Å². The Morgan fingerprint density at radius 1 is 1.32 bits per heavy atom. The summed E-state index contributed by atoms with van der Waals surface area (Å²) >= 11 is 5.86. The van der Waals surface area contributed by atoms with Crippen LogP contribution in [0.15, 0.2) is 24.3 Å². The van der Waals surface area contributed by atoms with Gasteiger partial charge in [-0.25, -0.2) is 0 Å². The summed E-state index contributed by atoms with van der Waals surface area (Å²) in [4.78, 5) is 25.2. The number of hydrogen-bond donors (Lipinski definition) is 1. The summed E-state index contributed by atoms with van der Waals surface area (Å²) in [7, 11) is 0. The van der Waals surface area contributed by atoms with Gasteiger partial charge in [0.2, 0.25) is 0 Å². The number of carboxylic acid groups (broad SMARTS) is 1. The Labute approximate surface area is 133 Å². The Morgan fingerprint density at radius 3 is 2.73 bits per heavy atom. The zero-order chi connectivity index (χ0) is 15.7. The van der Waals surface area contributed by atoms with Crippen LogP contribution in [0.2, 0.25) is 5.02 Å². The fourth-order valence-electron chi connectivity index (χ4n) is 3.09. The molecule has 1 aromatic rings. The van der Waals surface area contributed by atoms with Crippen LogP contribution < -0.4 is 4.74 Å². The first kappa shape index (κ1) is 15.2. The molecule has 5 nitrogen and oxygen atoms in total. The van der Waals surface area contributed by atoms with Crippen molar-refractivity contribution in [3.8, 4) is 5.75 Å². The Morgan fingerprint density at radius 2 is 2.09 bits per heavy atom. The molecule has 0 bridgehead atoms. The Balaban J connectivity index is 1.57. The van der Waals surface area contributed by atoms with E-state index in [1.165, 1.54) is 0 Å². The van der Waals surface area contributed by atoms with Gasteiger partial charge in [-0.1, -0.05) is 17.7 Å². The van der Waals surface area contributed by atoms with E-state index in [2.05, 4.69) is 0 Å². The van der Waals surface area contributed by atoms with Crippen molar-refractivity contribution < 1.29 is 19.4 Å². The second-order valence-electron chi connectivity index (χ2n) is 5.99. The van der Waals surface area contributed by atoms with Gasteiger partial charge in [0.05, 0.1) is 5.92 Å². The molecule has 2 fully saturated rings. The van der Waals surface area contributed by atoms with E-state index in [0.29, 0.717) is 23.2 Å². The summed E-state index contributed by atoms with van der Waals surface area (Å²) in [6.07, 6.45) is 2.16. The summed E-state index contributed by atoms with van der Waals surface area (Å²) in [6, 6.07) is 6.86. The first-order valence-corrected chi connectivity index (χ1v) is 7.81. The van der Waals surface area contributed by atoms with Crippen LogP contribution in [0, 0.1) is 17.8 Å². The van der Waals surface area contributed by atoms with Crippen molar-refractivity contribution in [1.29, 1.82) is 0 Å². The van der Waals surface area contributed by atoms with E-state index in [-0.39, 0.29) is 25.0 Å². The largest absolute Gasteiger partial charge is 0.484 e. The average molecular weight is 324 g/mol. The molecule has 1 heterocycles. The number of rotatable bonds is 5. The number of carbonyl (C=O) groups excluding carboxylic acids is 1. The van der Waals surface area contributed by atoms with Gasteiger partial charge in [0, 0.05) is 18.1 Å². The molecule has 118 valence electrons. The molecule has 1 aliphatic carbocycles. The average Bonchev–Trinajstić information content (AvgIpc) is 3.23. The van der Waals surface area contributed by atoms with Crippen molar-refractivity contribution in [3.63, 3.8) is 0 Å². The molecule has 0 radical (unpaired) electrons. The first-order chi connectivity index (χ1) is 10.5. The lowest BCUT2D eigenvalue weighted by Gasteiger charge is -2.16. The highest BCUT2D eigenvalue weighted by atomic mass is 35.5. The monoisotopic (exact) mass is 323 g/mol. The predicted octanol–water partition coefficient (Wildman–Crippen LogP) is 2.29. The SMILES string of the molecule is O=C(O)[C@H]1CN(C(=O)COc2cccc(Cl)c2)C[C@@H]1C1CC1. The quantitative estimate of drug-likeness (QED) is 0.902. The van der Waals surface area contributed by atoms with Crippen LogP contribution in [0.3, 0.4) is 0 Å². The lowest BCUT2D eigenvalue weighted by molar-refractivity contribution is -0.142. The summed E-state index contributed by atoms with van der Waals surface area (Å²) in [5.74, 6) is -0.325. The first-order valence-electron chi connectivity index (χ1n) is 7.43. The maximum absolute atomic E-state index is 12.2. The number of benzene rings is 1. The molecule has 3 rings (SSSR count). The van der Waals surface area contributed by atoms with E-state index in [9.17, 15) is 14.7 Å². The maximum atomic E-state index is 12.2. The zero-order valence-electron chi connectivity index (χ0n) is 12.1. The highest BCUT2D eigenvalue weighted by Gasteiger charge is 2.46. The Kier molecular flexibility index (Phi) is 4.25. The van der Waals surface area contributed by atoms with Gasteiger partial charge in [0.25, 0.3) is 5.91 Å². The Hall–Kier alpha value is -1.75. The summed E-state index contributed by atoms with van der Waals surface area (Å²) in [6.45, 7) is 0.720. The lowest BCUT2D eigenvalue weighted by Crippen LogP contribution is -2.33. The van der Waals surface area contributed by atoms with E-state index in [4.69, 9.17) is 16.3 Å². The molecule has 0 spiro atoms. The molecule has 2 atom stereocenters.